The predicted octanol–water partition coefficient (Wildman–Crippen LogP) is 0.817. The minimum atomic E-state index is 0.0177. The van der Waals surface area contributed by atoms with Crippen LogP contribution in [-0.4, -0.2) is 49.5 Å². The van der Waals surface area contributed by atoms with Crippen molar-refractivity contribution in [3.8, 4) is 0 Å². The SMILES string of the molecule is CC(C)C(C)NC(=NCC(=O)N(C)C)NC1CC1. The van der Waals surface area contributed by atoms with Gasteiger partial charge >= 0.3 is 0 Å². The molecule has 18 heavy (non-hydrogen) atoms. The third-order valence-electron chi connectivity index (χ3n) is 3.15. The highest BCUT2D eigenvalue weighted by molar-refractivity contribution is 5.85. The van der Waals surface area contributed by atoms with Gasteiger partial charge in [0, 0.05) is 26.2 Å². The molecule has 0 aromatic heterocycles. The molecule has 1 saturated carbocycles. The van der Waals surface area contributed by atoms with Crippen LogP contribution in [0.2, 0.25) is 0 Å². The minimum absolute atomic E-state index is 0.0177. The van der Waals surface area contributed by atoms with Gasteiger partial charge in [-0.15, -0.1) is 0 Å². The van der Waals surface area contributed by atoms with E-state index in [0.717, 1.165) is 5.96 Å². The first-order chi connectivity index (χ1) is 8.40. The molecule has 1 atom stereocenters. The summed E-state index contributed by atoms with van der Waals surface area (Å²) >= 11 is 0. The fourth-order valence-electron chi connectivity index (χ4n) is 1.22. The molecule has 104 valence electrons. The molecule has 0 saturated heterocycles. The lowest BCUT2D eigenvalue weighted by molar-refractivity contribution is -0.127. The van der Waals surface area contributed by atoms with Crippen molar-refractivity contribution in [2.75, 3.05) is 20.6 Å². The number of carbonyl (C=O) groups excluding carboxylic acids is 1. The summed E-state index contributed by atoms with van der Waals surface area (Å²) < 4.78 is 0. The molecule has 1 amide bonds. The Morgan fingerprint density at radius 3 is 2.39 bits per heavy atom. The fraction of sp³-hybridized carbons (Fsp3) is 0.846. The van der Waals surface area contributed by atoms with Crippen molar-refractivity contribution in [1.82, 2.24) is 15.5 Å². The molecule has 0 aromatic rings. The first-order valence-electron chi connectivity index (χ1n) is 6.67. The van der Waals surface area contributed by atoms with E-state index in [1.54, 1.807) is 19.0 Å². The van der Waals surface area contributed by atoms with Crippen LogP contribution in [0, 0.1) is 5.92 Å². The van der Waals surface area contributed by atoms with Gasteiger partial charge in [0.15, 0.2) is 5.96 Å². The molecule has 5 nitrogen and oxygen atoms in total. The Labute approximate surface area is 110 Å². The van der Waals surface area contributed by atoms with Crippen molar-refractivity contribution in [1.29, 1.82) is 0 Å². The van der Waals surface area contributed by atoms with Gasteiger partial charge in [-0.05, 0) is 25.7 Å². The Hall–Kier alpha value is -1.26. The molecule has 1 rings (SSSR count). The van der Waals surface area contributed by atoms with Crippen LogP contribution in [0.1, 0.15) is 33.6 Å². The van der Waals surface area contributed by atoms with Gasteiger partial charge in [-0.3, -0.25) is 4.79 Å². The molecule has 0 spiro atoms. The van der Waals surface area contributed by atoms with Crippen molar-refractivity contribution in [2.24, 2.45) is 10.9 Å². The van der Waals surface area contributed by atoms with Crippen molar-refractivity contribution in [3.63, 3.8) is 0 Å². The minimum Gasteiger partial charge on any atom is -0.354 e. The molecule has 5 heteroatoms. The molecule has 1 fully saturated rings. The first-order valence-corrected chi connectivity index (χ1v) is 6.67. The summed E-state index contributed by atoms with van der Waals surface area (Å²) in [6.45, 7) is 6.65. The second-order valence-corrected chi connectivity index (χ2v) is 5.55. The van der Waals surface area contributed by atoms with E-state index >= 15 is 0 Å². The smallest absolute Gasteiger partial charge is 0.243 e. The van der Waals surface area contributed by atoms with E-state index in [2.05, 4.69) is 36.4 Å². The normalized spacial score (nSPS) is 17.6. The van der Waals surface area contributed by atoms with Gasteiger partial charge in [0.25, 0.3) is 0 Å². The van der Waals surface area contributed by atoms with Crippen LogP contribution in [-0.2, 0) is 4.79 Å². The lowest BCUT2D eigenvalue weighted by atomic mass is 10.1. The molecule has 0 heterocycles. The zero-order valence-corrected chi connectivity index (χ0v) is 12.2. The van der Waals surface area contributed by atoms with E-state index in [1.165, 1.54) is 12.8 Å². The number of likely N-dealkylation sites (N-methyl/N-ethyl adjacent to an activating group) is 1. The molecule has 0 bridgehead atoms. The van der Waals surface area contributed by atoms with Gasteiger partial charge in [-0.1, -0.05) is 13.8 Å². The summed E-state index contributed by atoms with van der Waals surface area (Å²) in [6, 6.07) is 0.870. The zero-order chi connectivity index (χ0) is 13.7. The van der Waals surface area contributed by atoms with E-state index in [-0.39, 0.29) is 12.5 Å². The molecule has 1 unspecified atom stereocenters. The lowest BCUT2D eigenvalue weighted by Gasteiger charge is -2.21. The topological polar surface area (TPSA) is 56.7 Å². The molecular weight excluding hydrogens is 228 g/mol. The van der Waals surface area contributed by atoms with Crippen LogP contribution in [0.5, 0.6) is 0 Å². The first kappa shape index (κ1) is 14.8. The van der Waals surface area contributed by atoms with Crippen molar-refractivity contribution in [2.45, 2.75) is 45.7 Å². The number of hydrogen-bond donors (Lipinski definition) is 2. The highest BCUT2D eigenvalue weighted by Gasteiger charge is 2.23. The number of amides is 1. The summed E-state index contributed by atoms with van der Waals surface area (Å²) in [5.74, 6) is 1.30. The van der Waals surface area contributed by atoms with Gasteiger partial charge < -0.3 is 15.5 Å². The Kier molecular flexibility index (Phi) is 5.44. The molecule has 1 aliphatic rings. The predicted molar refractivity (Wildman–Crippen MR) is 74.6 cm³/mol. The van der Waals surface area contributed by atoms with E-state index in [0.29, 0.717) is 18.0 Å². The van der Waals surface area contributed by atoms with Crippen molar-refractivity contribution in [3.05, 3.63) is 0 Å². The second kappa shape index (κ2) is 6.61. The molecule has 1 aliphatic carbocycles. The monoisotopic (exact) mass is 254 g/mol. The average Bonchev–Trinajstić information content (AvgIpc) is 3.08. The van der Waals surface area contributed by atoms with Crippen LogP contribution >= 0.6 is 0 Å². The van der Waals surface area contributed by atoms with Gasteiger partial charge in [0.05, 0.1) is 0 Å². The van der Waals surface area contributed by atoms with Crippen LogP contribution < -0.4 is 10.6 Å². The average molecular weight is 254 g/mol. The number of guanidine groups is 1. The molecule has 0 aromatic carbocycles. The Morgan fingerprint density at radius 2 is 1.94 bits per heavy atom. The lowest BCUT2D eigenvalue weighted by Crippen LogP contribution is -2.45. The number of rotatable bonds is 5. The summed E-state index contributed by atoms with van der Waals surface area (Å²) in [4.78, 5) is 17.4. The van der Waals surface area contributed by atoms with Crippen LogP contribution in [0.25, 0.3) is 0 Å². The van der Waals surface area contributed by atoms with Crippen molar-refractivity contribution >= 4 is 11.9 Å². The standard InChI is InChI=1S/C13H26N4O/c1-9(2)10(3)15-13(16-11-6-7-11)14-8-12(18)17(4)5/h9-11H,6-8H2,1-5H3,(H2,14,15,16). The Bertz CT molecular complexity index is 308. The number of nitrogens with zero attached hydrogens (tertiary/aromatic N) is 2. The highest BCUT2D eigenvalue weighted by atomic mass is 16.2. The second-order valence-electron chi connectivity index (χ2n) is 5.55. The summed E-state index contributed by atoms with van der Waals surface area (Å²) in [7, 11) is 3.49. The largest absolute Gasteiger partial charge is 0.354 e. The summed E-state index contributed by atoms with van der Waals surface area (Å²) in [5.41, 5.74) is 0. The summed E-state index contributed by atoms with van der Waals surface area (Å²) in [5, 5.41) is 6.69. The van der Waals surface area contributed by atoms with E-state index in [1.807, 2.05) is 0 Å². The number of carbonyl (C=O) groups is 1. The van der Waals surface area contributed by atoms with Gasteiger partial charge in [-0.25, -0.2) is 4.99 Å². The fourth-order valence-corrected chi connectivity index (χ4v) is 1.22. The van der Waals surface area contributed by atoms with E-state index < -0.39 is 0 Å². The molecule has 0 aliphatic heterocycles. The van der Waals surface area contributed by atoms with Crippen LogP contribution in [0.15, 0.2) is 4.99 Å². The van der Waals surface area contributed by atoms with Crippen LogP contribution in [0.4, 0.5) is 0 Å². The quantitative estimate of drug-likeness (QED) is 0.564. The zero-order valence-electron chi connectivity index (χ0n) is 12.2. The Morgan fingerprint density at radius 1 is 1.33 bits per heavy atom. The number of nitrogens with one attached hydrogen (secondary N) is 2. The molecule has 2 N–H and O–H groups in total. The maximum atomic E-state index is 11.5. The van der Waals surface area contributed by atoms with E-state index in [9.17, 15) is 4.79 Å². The summed E-state index contributed by atoms with van der Waals surface area (Å²) in [6.07, 6.45) is 2.39. The van der Waals surface area contributed by atoms with Gasteiger partial charge in [0.2, 0.25) is 5.91 Å². The Balaban J connectivity index is 2.53. The molecular formula is C13H26N4O. The number of aliphatic imine (C=N–C) groups is 1. The maximum Gasteiger partial charge on any atom is 0.243 e. The van der Waals surface area contributed by atoms with Crippen LogP contribution in [0.3, 0.4) is 0 Å². The van der Waals surface area contributed by atoms with Gasteiger partial charge in [-0.2, -0.15) is 0 Å². The van der Waals surface area contributed by atoms with Crippen molar-refractivity contribution < 1.29 is 4.79 Å². The number of hydrogen-bond acceptors (Lipinski definition) is 2. The third kappa shape index (κ3) is 5.38. The van der Waals surface area contributed by atoms with E-state index in [4.69, 9.17) is 0 Å². The highest BCUT2D eigenvalue weighted by Crippen LogP contribution is 2.18. The third-order valence-corrected chi connectivity index (χ3v) is 3.15. The van der Waals surface area contributed by atoms with Gasteiger partial charge in [0.1, 0.15) is 6.54 Å². The molecule has 0 radical (unpaired) electrons. The maximum absolute atomic E-state index is 11.5.